The molecule has 0 bridgehead atoms. The Labute approximate surface area is 195 Å². The topological polar surface area (TPSA) is 67.2 Å². The van der Waals surface area contributed by atoms with Crippen molar-refractivity contribution in [2.45, 2.75) is 71.0 Å². The first-order valence-electron chi connectivity index (χ1n) is 11.5. The summed E-state index contributed by atoms with van der Waals surface area (Å²) in [6, 6.07) is 9.87. The van der Waals surface area contributed by atoms with Crippen molar-refractivity contribution < 1.29 is 8.42 Å². The Morgan fingerprint density at radius 2 is 1.91 bits per heavy atom. The van der Waals surface area contributed by atoms with E-state index in [9.17, 15) is 8.42 Å². The molecule has 1 aromatic carbocycles. The molecule has 1 fully saturated rings. The van der Waals surface area contributed by atoms with Crippen LogP contribution in [0.5, 0.6) is 0 Å². The highest BCUT2D eigenvalue weighted by atomic mass is 32.2. The predicted octanol–water partition coefficient (Wildman–Crippen LogP) is 5.17. The van der Waals surface area contributed by atoms with E-state index in [0.717, 1.165) is 42.7 Å². The van der Waals surface area contributed by atoms with E-state index in [0.29, 0.717) is 24.5 Å². The monoisotopic (exact) mass is 474 g/mol. The molecule has 3 heterocycles. The van der Waals surface area contributed by atoms with E-state index in [1.807, 2.05) is 6.07 Å². The van der Waals surface area contributed by atoms with Crippen LogP contribution in [0.15, 0.2) is 40.6 Å². The highest BCUT2D eigenvalue weighted by Crippen LogP contribution is 2.35. The lowest BCUT2D eigenvalue weighted by molar-refractivity contribution is 0.272. The van der Waals surface area contributed by atoms with Gasteiger partial charge in [0, 0.05) is 30.6 Å². The number of hydrogen-bond acceptors (Lipinski definition) is 5. The largest absolute Gasteiger partial charge is 0.327 e. The number of nitrogens with one attached hydrogen (secondary N) is 1. The van der Waals surface area contributed by atoms with Crippen LogP contribution in [-0.4, -0.2) is 35.4 Å². The molecule has 6 nitrogen and oxygen atoms in total. The van der Waals surface area contributed by atoms with Crippen molar-refractivity contribution in [1.82, 2.24) is 19.2 Å². The van der Waals surface area contributed by atoms with Gasteiger partial charge in [-0.1, -0.05) is 33.3 Å². The molecule has 1 atom stereocenters. The van der Waals surface area contributed by atoms with E-state index in [1.165, 1.54) is 4.88 Å². The predicted molar refractivity (Wildman–Crippen MR) is 131 cm³/mol. The van der Waals surface area contributed by atoms with E-state index >= 15 is 0 Å². The summed E-state index contributed by atoms with van der Waals surface area (Å²) >= 11 is 1.77. The molecule has 1 aliphatic heterocycles. The summed E-state index contributed by atoms with van der Waals surface area (Å²) in [6.45, 7) is 11.4. The molecule has 0 aliphatic carbocycles. The molecule has 0 radical (unpaired) electrons. The maximum atomic E-state index is 13.1. The molecule has 1 aliphatic rings. The first kappa shape index (κ1) is 23.4. The molecule has 2 aromatic heterocycles. The fourth-order valence-electron chi connectivity index (χ4n) is 4.54. The van der Waals surface area contributed by atoms with E-state index in [2.05, 4.69) is 55.1 Å². The fourth-order valence-corrected chi connectivity index (χ4v) is 7.13. The van der Waals surface area contributed by atoms with Crippen LogP contribution >= 0.6 is 11.3 Å². The first-order valence-corrected chi connectivity index (χ1v) is 13.8. The second-order valence-corrected chi connectivity index (χ2v) is 12.5. The maximum Gasteiger partial charge on any atom is 0.243 e. The van der Waals surface area contributed by atoms with Crippen molar-refractivity contribution in [2.75, 3.05) is 13.1 Å². The van der Waals surface area contributed by atoms with Crippen molar-refractivity contribution >= 4 is 32.4 Å². The summed E-state index contributed by atoms with van der Waals surface area (Å²) in [4.78, 5) is 6.52. The van der Waals surface area contributed by atoms with Crippen LogP contribution < -0.4 is 5.32 Å². The number of benzene rings is 1. The fraction of sp³-hybridized carbons (Fsp3) is 0.542. The number of rotatable bonds is 7. The number of thiophene rings is 1. The second-order valence-electron chi connectivity index (χ2n) is 9.58. The molecule has 8 heteroatoms. The molecule has 1 N–H and O–H groups in total. The number of piperidine rings is 1. The van der Waals surface area contributed by atoms with Crippen LogP contribution in [0.4, 0.5) is 0 Å². The smallest absolute Gasteiger partial charge is 0.243 e. The third-order valence-corrected chi connectivity index (χ3v) is 9.06. The number of nitrogens with zero attached hydrogens (tertiary/aromatic N) is 3. The average molecular weight is 475 g/mol. The minimum Gasteiger partial charge on any atom is -0.327 e. The van der Waals surface area contributed by atoms with Gasteiger partial charge in [-0.3, -0.25) is 0 Å². The van der Waals surface area contributed by atoms with Gasteiger partial charge in [-0.15, -0.1) is 11.3 Å². The van der Waals surface area contributed by atoms with Gasteiger partial charge in [-0.05, 0) is 54.8 Å². The number of aromatic nitrogens is 2. The lowest BCUT2D eigenvalue weighted by Gasteiger charge is -2.31. The Hall–Kier alpha value is -1.74. The van der Waals surface area contributed by atoms with Crippen molar-refractivity contribution in [3.63, 3.8) is 0 Å². The summed E-state index contributed by atoms with van der Waals surface area (Å²) in [6.07, 6.45) is 2.96. The van der Waals surface area contributed by atoms with Crippen LogP contribution in [0.3, 0.4) is 0 Å². The van der Waals surface area contributed by atoms with Gasteiger partial charge >= 0.3 is 0 Å². The lowest BCUT2D eigenvalue weighted by atomic mass is 9.86. The minimum absolute atomic E-state index is 0.0591. The SMILES string of the molecule is CCn1c(CNC(c2cccs2)C(C)(C)C)nc2cc(S(=O)(=O)N3CCCCC3)ccc21. The molecular weight excluding hydrogens is 440 g/mol. The Morgan fingerprint density at radius 3 is 2.53 bits per heavy atom. The summed E-state index contributed by atoms with van der Waals surface area (Å²) in [5, 5.41) is 5.82. The van der Waals surface area contributed by atoms with Crippen molar-refractivity contribution in [3.8, 4) is 0 Å². The minimum atomic E-state index is -3.47. The van der Waals surface area contributed by atoms with Gasteiger partial charge in [-0.2, -0.15) is 4.31 Å². The molecule has 32 heavy (non-hydrogen) atoms. The Bertz CT molecular complexity index is 1150. The molecule has 174 valence electrons. The van der Waals surface area contributed by atoms with Crippen molar-refractivity contribution in [1.29, 1.82) is 0 Å². The number of sulfonamides is 1. The lowest BCUT2D eigenvalue weighted by Crippen LogP contribution is -2.35. The third-order valence-electron chi connectivity index (χ3n) is 6.23. The molecular formula is C24H34N4O2S2. The molecule has 1 unspecified atom stereocenters. The van der Waals surface area contributed by atoms with Crippen LogP contribution in [0.1, 0.15) is 63.7 Å². The molecule has 4 rings (SSSR count). The molecule has 0 spiro atoms. The third kappa shape index (κ3) is 4.64. The normalized spacial score (nSPS) is 17.1. The van der Waals surface area contributed by atoms with Crippen molar-refractivity contribution in [2.24, 2.45) is 5.41 Å². The summed E-state index contributed by atoms with van der Waals surface area (Å²) in [5.41, 5.74) is 1.78. The van der Waals surface area contributed by atoms with Gasteiger partial charge in [0.1, 0.15) is 5.82 Å². The second kappa shape index (κ2) is 9.25. The van der Waals surface area contributed by atoms with E-state index in [1.54, 1.807) is 27.8 Å². The molecule has 0 saturated carbocycles. The van der Waals surface area contributed by atoms with Crippen LogP contribution in [0.25, 0.3) is 11.0 Å². The number of aryl methyl sites for hydroxylation is 1. The quantitative estimate of drug-likeness (QED) is 0.513. The van der Waals surface area contributed by atoms with Crippen molar-refractivity contribution in [3.05, 3.63) is 46.4 Å². The van der Waals surface area contributed by atoms with Gasteiger partial charge < -0.3 is 9.88 Å². The molecule has 1 saturated heterocycles. The number of fused-ring (bicyclic) bond motifs is 1. The first-order chi connectivity index (χ1) is 15.2. The maximum absolute atomic E-state index is 13.1. The Kier molecular flexibility index (Phi) is 6.77. The van der Waals surface area contributed by atoms with Gasteiger partial charge in [-0.25, -0.2) is 13.4 Å². The van der Waals surface area contributed by atoms with Crippen LogP contribution in [0, 0.1) is 5.41 Å². The van der Waals surface area contributed by atoms with E-state index in [4.69, 9.17) is 4.98 Å². The summed E-state index contributed by atoms with van der Waals surface area (Å²) < 4.78 is 30.0. The highest BCUT2D eigenvalue weighted by molar-refractivity contribution is 7.89. The zero-order valence-electron chi connectivity index (χ0n) is 19.5. The van der Waals surface area contributed by atoms with Gasteiger partial charge in [0.15, 0.2) is 0 Å². The van der Waals surface area contributed by atoms with Crippen LogP contribution in [-0.2, 0) is 23.1 Å². The van der Waals surface area contributed by atoms with Gasteiger partial charge in [0.25, 0.3) is 0 Å². The molecule has 0 amide bonds. The highest BCUT2D eigenvalue weighted by Gasteiger charge is 2.28. The zero-order valence-corrected chi connectivity index (χ0v) is 21.1. The van der Waals surface area contributed by atoms with Crippen LogP contribution in [0.2, 0.25) is 0 Å². The Morgan fingerprint density at radius 1 is 1.16 bits per heavy atom. The molecule has 3 aromatic rings. The number of imidazole rings is 1. The Balaban J connectivity index is 1.63. The van der Waals surface area contributed by atoms with E-state index < -0.39 is 10.0 Å². The van der Waals surface area contributed by atoms with Gasteiger partial charge in [0.05, 0.1) is 22.5 Å². The summed E-state index contributed by atoms with van der Waals surface area (Å²) in [7, 11) is -3.47. The standard InChI is InChI=1S/C24H34N4O2S2/c1-5-28-20-12-11-18(32(29,30)27-13-7-6-8-14-27)16-19(20)26-22(28)17-25-23(24(2,3)4)21-10-9-15-31-21/h9-12,15-16,23,25H,5-8,13-14,17H2,1-4H3. The van der Waals surface area contributed by atoms with Gasteiger partial charge in [0.2, 0.25) is 10.0 Å². The zero-order chi connectivity index (χ0) is 22.9. The summed E-state index contributed by atoms with van der Waals surface area (Å²) in [5.74, 6) is 0.931. The average Bonchev–Trinajstić information content (AvgIpc) is 3.40. The number of hydrogen-bond donors (Lipinski definition) is 1. The van der Waals surface area contributed by atoms with E-state index in [-0.39, 0.29) is 11.5 Å².